The second-order valence-corrected chi connectivity index (χ2v) is 6.07. The molecule has 0 radical (unpaired) electrons. The third-order valence-electron chi connectivity index (χ3n) is 3.46. The summed E-state index contributed by atoms with van der Waals surface area (Å²) in [4.78, 5) is 11.4. The number of carbonyl (C=O) groups is 1. The fourth-order valence-corrected chi connectivity index (χ4v) is 2.39. The van der Waals surface area contributed by atoms with E-state index in [9.17, 15) is 9.90 Å². The first kappa shape index (κ1) is 14.3. The molecule has 0 amide bonds. The predicted molar refractivity (Wildman–Crippen MR) is 79.0 cm³/mol. The Bertz CT molecular complexity index is 646. The lowest BCUT2D eigenvalue weighted by Crippen LogP contribution is -2.10. The van der Waals surface area contributed by atoms with E-state index in [0.717, 1.165) is 11.3 Å². The van der Waals surface area contributed by atoms with Crippen LogP contribution in [0.2, 0.25) is 0 Å². The zero-order valence-corrected chi connectivity index (χ0v) is 12.6. The lowest BCUT2D eigenvalue weighted by molar-refractivity contribution is 0.0686. The normalized spacial score (nSPS) is 11.7. The zero-order chi connectivity index (χ0) is 15.1. The third kappa shape index (κ3) is 2.46. The van der Waals surface area contributed by atoms with E-state index in [4.69, 9.17) is 0 Å². The maximum Gasteiger partial charge on any atom is 0.354 e. The molecular weight excluding hydrogens is 252 g/mol. The summed E-state index contributed by atoms with van der Waals surface area (Å²) >= 11 is 0. The molecule has 1 N–H and O–H groups in total. The number of aromatic carboxylic acids is 1. The van der Waals surface area contributed by atoms with Crippen LogP contribution in [0.15, 0.2) is 24.3 Å². The Labute approximate surface area is 119 Å². The van der Waals surface area contributed by atoms with Crippen LogP contribution < -0.4 is 0 Å². The van der Waals surface area contributed by atoms with Gasteiger partial charge in [-0.15, -0.1) is 0 Å². The van der Waals surface area contributed by atoms with Gasteiger partial charge in [0.05, 0.1) is 5.69 Å². The molecule has 2 rings (SSSR count). The summed E-state index contributed by atoms with van der Waals surface area (Å²) in [6, 6.07) is 8.04. The lowest BCUT2D eigenvalue weighted by atomic mass is 9.86. The summed E-state index contributed by atoms with van der Waals surface area (Å²) in [6.45, 7) is 8.29. The molecule has 0 fully saturated rings. The van der Waals surface area contributed by atoms with E-state index < -0.39 is 5.97 Å². The highest BCUT2D eigenvalue weighted by atomic mass is 16.4. The fourth-order valence-electron chi connectivity index (χ4n) is 2.39. The number of hydrogen-bond donors (Lipinski definition) is 1. The van der Waals surface area contributed by atoms with E-state index in [1.54, 1.807) is 7.05 Å². The highest BCUT2D eigenvalue weighted by molar-refractivity contribution is 5.95. The highest BCUT2D eigenvalue weighted by Crippen LogP contribution is 2.30. The van der Waals surface area contributed by atoms with Crippen LogP contribution in [-0.4, -0.2) is 20.9 Å². The van der Waals surface area contributed by atoms with E-state index in [0.29, 0.717) is 5.56 Å². The first-order chi connectivity index (χ1) is 9.21. The number of hydrogen-bond acceptors (Lipinski definition) is 2. The van der Waals surface area contributed by atoms with Crippen molar-refractivity contribution >= 4 is 5.97 Å². The van der Waals surface area contributed by atoms with Crippen LogP contribution in [-0.2, 0) is 12.5 Å². The van der Waals surface area contributed by atoms with Crippen molar-refractivity contribution in [1.29, 1.82) is 0 Å². The van der Waals surface area contributed by atoms with Gasteiger partial charge < -0.3 is 5.11 Å². The molecule has 20 heavy (non-hydrogen) atoms. The molecular formula is C16H20N2O2. The Morgan fingerprint density at radius 3 is 2.20 bits per heavy atom. The largest absolute Gasteiger partial charge is 0.477 e. The Morgan fingerprint density at radius 1 is 1.20 bits per heavy atom. The van der Waals surface area contributed by atoms with Gasteiger partial charge in [0.2, 0.25) is 0 Å². The highest BCUT2D eigenvalue weighted by Gasteiger charge is 2.21. The minimum absolute atomic E-state index is 0.0815. The average molecular weight is 272 g/mol. The molecule has 0 saturated heterocycles. The van der Waals surface area contributed by atoms with Crippen LogP contribution in [0, 0.1) is 6.92 Å². The third-order valence-corrected chi connectivity index (χ3v) is 3.46. The number of carboxylic acids is 1. The number of rotatable bonds is 2. The maximum atomic E-state index is 11.4. The van der Waals surface area contributed by atoms with Gasteiger partial charge in [0.25, 0.3) is 0 Å². The molecule has 0 aliphatic carbocycles. The topological polar surface area (TPSA) is 55.1 Å². The van der Waals surface area contributed by atoms with Crippen molar-refractivity contribution in [2.24, 2.45) is 7.05 Å². The van der Waals surface area contributed by atoms with Gasteiger partial charge in [0.1, 0.15) is 0 Å². The SMILES string of the molecule is Cc1nn(C)c(C(=O)O)c1-c1ccc(C(C)(C)C)cc1. The molecule has 0 saturated carbocycles. The predicted octanol–water partition coefficient (Wildman–Crippen LogP) is 3.39. The standard InChI is InChI=1S/C16H20N2O2/c1-10-13(14(15(19)20)18(5)17-10)11-6-8-12(9-7-11)16(2,3)4/h6-9H,1-5H3,(H,19,20). The molecule has 0 aliphatic rings. The van der Waals surface area contributed by atoms with Gasteiger partial charge in [-0.05, 0) is 23.5 Å². The number of aromatic nitrogens is 2. The number of carboxylic acid groups (broad SMARTS) is 1. The van der Waals surface area contributed by atoms with Crippen molar-refractivity contribution in [3.63, 3.8) is 0 Å². The van der Waals surface area contributed by atoms with Gasteiger partial charge >= 0.3 is 5.97 Å². The van der Waals surface area contributed by atoms with Crippen molar-refractivity contribution in [2.75, 3.05) is 0 Å². The molecule has 1 aromatic heterocycles. The first-order valence-electron chi connectivity index (χ1n) is 6.59. The maximum absolute atomic E-state index is 11.4. The fraction of sp³-hybridized carbons (Fsp3) is 0.375. The van der Waals surface area contributed by atoms with Gasteiger partial charge in [0, 0.05) is 12.6 Å². The van der Waals surface area contributed by atoms with Crippen LogP contribution in [0.1, 0.15) is 42.5 Å². The summed E-state index contributed by atoms with van der Waals surface area (Å²) in [5, 5.41) is 13.6. The van der Waals surface area contributed by atoms with E-state index >= 15 is 0 Å². The van der Waals surface area contributed by atoms with Gasteiger partial charge in [-0.1, -0.05) is 45.0 Å². The Morgan fingerprint density at radius 2 is 1.75 bits per heavy atom. The van der Waals surface area contributed by atoms with Gasteiger partial charge in [0.15, 0.2) is 5.69 Å². The van der Waals surface area contributed by atoms with Crippen molar-refractivity contribution in [1.82, 2.24) is 9.78 Å². The molecule has 0 spiro atoms. The molecule has 4 nitrogen and oxygen atoms in total. The molecule has 0 atom stereocenters. The van der Waals surface area contributed by atoms with Crippen molar-refractivity contribution in [2.45, 2.75) is 33.1 Å². The van der Waals surface area contributed by atoms with Crippen molar-refractivity contribution in [3.05, 3.63) is 41.2 Å². The van der Waals surface area contributed by atoms with Crippen LogP contribution in [0.4, 0.5) is 0 Å². The van der Waals surface area contributed by atoms with E-state index in [2.05, 4.69) is 25.9 Å². The number of benzene rings is 1. The van der Waals surface area contributed by atoms with Gasteiger partial charge in [-0.3, -0.25) is 4.68 Å². The van der Waals surface area contributed by atoms with E-state index in [1.807, 2.05) is 31.2 Å². The molecule has 106 valence electrons. The van der Waals surface area contributed by atoms with Crippen LogP contribution >= 0.6 is 0 Å². The van der Waals surface area contributed by atoms with E-state index in [1.165, 1.54) is 10.2 Å². The van der Waals surface area contributed by atoms with Crippen LogP contribution in [0.25, 0.3) is 11.1 Å². The van der Waals surface area contributed by atoms with Gasteiger partial charge in [-0.2, -0.15) is 5.10 Å². The van der Waals surface area contributed by atoms with Crippen molar-refractivity contribution in [3.8, 4) is 11.1 Å². The summed E-state index contributed by atoms with van der Waals surface area (Å²) in [5.41, 5.74) is 3.85. The second-order valence-electron chi connectivity index (χ2n) is 6.07. The van der Waals surface area contributed by atoms with E-state index in [-0.39, 0.29) is 11.1 Å². The number of nitrogens with zero attached hydrogens (tertiary/aromatic N) is 2. The summed E-state index contributed by atoms with van der Waals surface area (Å²) in [6.07, 6.45) is 0. The number of aryl methyl sites for hydroxylation is 2. The smallest absolute Gasteiger partial charge is 0.354 e. The minimum atomic E-state index is -0.956. The first-order valence-corrected chi connectivity index (χ1v) is 6.59. The minimum Gasteiger partial charge on any atom is -0.477 e. The average Bonchev–Trinajstić information content (AvgIpc) is 2.63. The molecule has 2 aromatic rings. The Kier molecular flexibility index (Phi) is 3.42. The monoisotopic (exact) mass is 272 g/mol. The molecule has 4 heteroatoms. The Balaban J connectivity index is 2.55. The molecule has 1 heterocycles. The van der Waals surface area contributed by atoms with Gasteiger partial charge in [-0.25, -0.2) is 4.79 Å². The van der Waals surface area contributed by atoms with Crippen LogP contribution in [0.3, 0.4) is 0 Å². The molecule has 0 aliphatic heterocycles. The molecule has 1 aromatic carbocycles. The molecule has 0 bridgehead atoms. The lowest BCUT2D eigenvalue weighted by Gasteiger charge is -2.19. The molecule has 0 unspecified atom stereocenters. The van der Waals surface area contributed by atoms with Crippen molar-refractivity contribution < 1.29 is 9.90 Å². The summed E-state index contributed by atoms with van der Waals surface area (Å²) < 4.78 is 1.42. The quantitative estimate of drug-likeness (QED) is 0.911. The summed E-state index contributed by atoms with van der Waals surface area (Å²) in [7, 11) is 1.66. The second kappa shape index (κ2) is 4.78. The van der Waals surface area contributed by atoms with Crippen LogP contribution in [0.5, 0.6) is 0 Å². The Hall–Kier alpha value is -2.10. The summed E-state index contributed by atoms with van der Waals surface area (Å²) in [5.74, 6) is -0.956. The zero-order valence-electron chi connectivity index (χ0n) is 12.6.